The van der Waals surface area contributed by atoms with E-state index in [-0.39, 0.29) is 0 Å². The summed E-state index contributed by atoms with van der Waals surface area (Å²) < 4.78 is 15.5. The van der Waals surface area contributed by atoms with Crippen LogP contribution >= 0.6 is 0 Å². The lowest BCUT2D eigenvalue weighted by Crippen LogP contribution is -2.29. The van der Waals surface area contributed by atoms with Crippen molar-refractivity contribution in [3.63, 3.8) is 0 Å². The molecule has 0 N–H and O–H groups in total. The molecule has 2 saturated carbocycles. The van der Waals surface area contributed by atoms with Crippen LogP contribution in [0.15, 0.2) is 53.1 Å². The first-order valence-corrected chi connectivity index (χ1v) is 11.8. The van der Waals surface area contributed by atoms with Gasteiger partial charge in [-0.2, -0.15) is 0 Å². The fraction of sp³-hybridized carbons (Fsp3) is 0.429. The number of pyridine rings is 2. The van der Waals surface area contributed by atoms with Crippen molar-refractivity contribution in [2.45, 2.75) is 70.6 Å². The Morgan fingerprint density at radius 3 is 2.65 bits per heavy atom. The molecule has 3 heteroatoms. The number of nitrogens with zero attached hydrogens (tertiary/aromatic N) is 2. The van der Waals surface area contributed by atoms with Crippen LogP contribution < -0.4 is 0 Å². The topological polar surface area (TPSA) is 38.9 Å². The van der Waals surface area contributed by atoms with E-state index in [2.05, 4.69) is 41.4 Å². The van der Waals surface area contributed by atoms with Crippen LogP contribution in [0.25, 0.3) is 33.3 Å². The number of hydrogen-bond donors (Lipinski definition) is 0. The predicted molar refractivity (Wildman–Crippen MR) is 126 cm³/mol. The Hall–Kier alpha value is -2.68. The molecule has 2 aliphatic carbocycles. The molecule has 1 aromatic carbocycles. The summed E-state index contributed by atoms with van der Waals surface area (Å²) in [7, 11) is 0. The molecular formula is C28H30N2O. The molecule has 0 unspecified atom stereocenters. The molecule has 0 amide bonds. The summed E-state index contributed by atoms with van der Waals surface area (Å²) in [5, 5.41) is 2.10. The average molecular weight is 412 g/mol. The highest BCUT2D eigenvalue weighted by molar-refractivity contribution is 6.08. The van der Waals surface area contributed by atoms with Gasteiger partial charge in [0.15, 0.2) is 0 Å². The number of hydrogen-bond acceptors (Lipinski definition) is 3. The van der Waals surface area contributed by atoms with Crippen LogP contribution in [0.5, 0.6) is 0 Å². The van der Waals surface area contributed by atoms with E-state index < -0.39 is 5.89 Å². The second-order valence-electron chi connectivity index (χ2n) is 9.68. The van der Waals surface area contributed by atoms with Crippen molar-refractivity contribution in [1.29, 1.82) is 0 Å². The number of para-hydroxylation sites is 1. The second kappa shape index (κ2) is 7.47. The zero-order valence-corrected chi connectivity index (χ0v) is 18.3. The minimum atomic E-state index is -0.513. The van der Waals surface area contributed by atoms with Gasteiger partial charge in [0, 0.05) is 29.6 Å². The van der Waals surface area contributed by atoms with E-state index in [4.69, 9.17) is 9.40 Å². The van der Waals surface area contributed by atoms with Crippen LogP contribution in [0.1, 0.15) is 76.3 Å². The highest BCUT2D eigenvalue weighted by Crippen LogP contribution is 2.51. The fourth-order valence-electron chi connectivity index (χ4n) is 5.94. The summed E-state index contributed by atoms with van der Waals surface area (Å²) in [5.41, 5.74) is 5.91. The van der Waals surface area contributed by atoms with Gasteiger partial charge in [0.05, 0.1) is 5.69 Å². The third-order valence-electron chi connectivity index (χ3n) is 7.78. The molecule has 3 heterocycles. The molecule has 0 bridgehead atoms. The van der Waals surface area contributed by atoms with Crippen LogP contribution in [0, 0.1) is 12.3 Å². The van der Waals surface area contributed by atoms with Crippen LogP contribution in [0.2, 0.25) is 0 Å². The third-order valence-corrected chi connectivity index (χ3v) is 7.78. The van der Waals surface area contributed by atoms with Gasteiger partial charge in [0.1, 0.15) is 5.58 Å². The number of benzene rings is 1. The molecule has 6 rings (SSSR count). The Bertz CT molecular complexity index is 1290. The van der Waals surface area contributed by atoms with E-state index in [1.54, 1.807) is 0 Å². The lowest BCUT2D eigenvalue weighted by Gasteiger charge is -2.43. The number of furan rings is 1. The summed E-state index contributed by atoms with van der Waals surface area (Å²) in [4.78, 5) is 9.27. The molecule has 3 aromatic heterocycles. The maximum atomic E-state index is 9.34. The quantitative estimate of drug-likeness (QED) is 0.336. The van der Waals surface area contributed by atoms with Crippen LogP contribution in [-0.4, -0.2) is 9.97 Å². The maximum absolute atomic E-state index is 9.34. The van der Waals surface area contributed by atoms with E-state index in [1.807, 2.05) is 19.2 Å². The van der Waals surface area contributed by atoms with Crippen LogP contribution in [0.4, 0.5) is 0 Å². The molecule has 31 heavy (non-hydrogen) atoms. The zero-order valence-electron chi connectivity index (χ0n) is 19.3. The van der Waals surface area contributed by atoms with Gasteiger partial charge in [-0.25, -0.2) is 4.98 Å². The summed E-state index contributed by atoms with van der Waals surface area (Å²) in [6.45, 7) is 1.98. The first-order chi connectivity index (χ1) is 15.6. The van der Waals surface area contributed by atoms with E-state index in [9.17, 15) is 1.37 Å². The highest BCUT2D eigenvalue weighted by Gasteiger charge is 2.36. The highest BCUT2D eigenvalue weighted by atomic mass is 16.3. The Morgan fingerprint density at radius 2 is 1.81 bits per heavy atom. The first-order valence-electron chi connectivity index (χ1n) is 12.3. The third kappa shape index (κ3) is 3.35. The molecule has 0 saturated heterocycles. The predicted octanol–water partition coefficient (Wildman–Crippen LogP) is 7.96. The van der Waals surface area contributed by atoms with E-state index in [0.717, 1.165) is 51.7 Å². The van der Waals surface area contributed by atoms with Crippen molar-refractivity contribution in [1.82, 2.24) is 9.97 Å². The lowest BCUT2D eigenvalue weighted by atomic mass is 9.62. The summed E-state index contributed by atoms with van der Waals surface area (Å²) in [5.74, 6) is -0.513. The Morgan fingerprint density at radius 1 is 0.968 bits per heavy atom. The van der Waals surface area contributed by atoms with Gasteiger partial charge in [-0.1, -0.05) is 31.4 Å². The normalized spacial score (nSPS) is 20.9. The molecule has 2 fully saturated rings. The van der Waals surface area contributed by atoms with Gasteiger partial charge in [0.2, 0.25) is 5.71 Å². The Kier molecular flexibility index (Phi) is 4.33. The van der Waals surface area contributed by atoms with Gasteiger partial charge in [0.25, 0.3) is 0 Å². The average Bonchev–Trinajstić information content (AvgIpc) is 3.19. The van der Waals surface area contributed by atoms with Gasteiger partial charge < -0.3 is 4.42 Å². The Labute approximate surface area is 185 Å². The number of aromatic nitrogens is 2. The number of fused-ring (bicyclic) bond motifs is 3. The van der Waals surface area contributed by atoms with Gasteiger partial charge in [-0.15, -0.1) is 0 Å². The summed E-state index contributed by atoms with van der Waals surface area (Å²) >= 11 is 0. The molecule has 3 nitrogen and oxygen atoms in total. The smallest absolute Gasteiger partial charge is 0.227 e. The summed E-state index contributed by atoms with van der Waals surface area (Å²) in [6, 6.07) is 14.5. The van der Waals surface area contributed by atoms with E-state index in [1.165, 1.54) is 44.9 Å². The minimum Gasteiger partial charge on any atom is -0.437 e. The number of rotatable bonds is 2. The van der Waals surface area contributed by atoms with Crippen LogP contribution in [-0.2, 0) is 0 Å². The molecule has 0 atom stereocenters. The zero-order chi connectivity index (χ0) is 21.8. The fourth-order valence-corrected chi connectivity index (χ4v) is 5.94. The molecule has 158 valence electrons. The van der Waals surface area contributed by atoms with Crippen molar-refractivity contribution in [2.24, 2.45) is 5.41 Å². The minimum absolute atomic E-state index is 0.513. The second-order valence-corrected chi connectivity index (χ2v) is 9.68. The largest absolute Gasteiger partial charge is 0.437 e. The Balaban J connectivity index is 1.37. The molecule has 1 spiro atoms. The van der Waals surface area contributed by atoms with Gasteiger partial charge in [-0.3, -0.25) is 4.98 Å². The maximum Gasteiger partial charge on any atom is 0.227 e. The monoisotopic (exact) mass is 411 g/mol. The van der Waals surface area contributed by atoms with Crippen molar-refractivity contribution in [3.05, 3.63) is 59.9 Å². The van der Waals surface area contributed by atoms with Gasteiger partial charge in [-0.05, 0) is 92.7 Å². The lowest BCUT2D eigenvalue weighted by molar-refractivity contribution is 0.114. The van der Waals surface area contributed by atoms with Crippen molar-refractivity contribution in [3.8, 4) is 11.3 Å². The SMILES string of the molecule is [2H]C1(c2ccnc(-c3cccc4c3oc3nc(C)ccc34)c2)CCC2(CCCCC2)CC1. The van der Waals surface area contributed by atoms with Crippen LogP contribution in [0.3, 0.4) is 0 Å². The van der Waals surface area contributed by atoms with E-state index in [0.29, 0.717) is 11.1 Å². The summed E-state index contributed by atoms with van der Waals surface area (Å²) in [6.07, 6.45) is 13.0. The standard InChI is InChI=1S/C28H30N2O/c1-19-8-9-23-22-6-5-7-24(26(22)31-27(23)30-19)25-18-21(12-17-29-25)20-10-15-28(16-11-20)13-3-2-4-14-28/h5-9,12,17-18,20H,2-4,10-11,13-16H2,1H3/i20D. The molecule has 4 aromatic rings. The molecular weight excluding hydrogens is 380 g/mol. The van der Waals surface area contributed by atoms with Crippen molar-refractivity contribution >= 4 is 22.1 Å². The van der Waals surface area contributed by atoms with Crippen molar-refractivity contribution < 1.29 is 5.79 Å². The molecule has 0 aliphatic heterocycles. The van der Waals surface area contributed by atoms with Crippen molar-refractivity contribution in [2.75, 3.05) is 0 Å². The molecule has 2 aliphatic rings. The van der Waals surface area contributed by atoms with E-state index >= 15 is 0 Å². The number of aryl methyl sites for hydroxylation is 1. The molecule has 0 radical (unpaired) electrons. The van der Waals surface area contributed by atoms with Gasteiger partial charge >= 0.3 is 0 Å². The first kappa shape index (κ1) is 17.9.